The molecule has 2 heteroatoms. The predicted molar refractivity (Wildman–Crippen MR) is 213 cm³/mol. The van der Waals surface area contributed by atoms with E-state index >= 15 is 0 Å². The molecule has 6 rings (SSSR count). The van der Waals surface area contributed by atoms with Gasteiger partial charge in [-0.2, -0.15) is 0 Å². The molecular formula is C47H46N2. The average molecular weight is 639 g/mol. The number of allylic oxidation sites excluding steroid dienone is 9. The summed E-state index contributed by atoms with van der Waals surface area (Å²) in [6, 6.07) is 33.0. The van der Waals surface area contributed by atoms with Crippen molar-refractivity contribution in [3.8, 4) is 11.1 Å². The van der Waals surface area contributed by atoms with Gasteiger partial charge in [-0.3, -0.25) is 0 Å². The zero-order valence-electron chi connectivity index (χ0n) is 29.0. The maximum atomic E-state index is 4.51. The molecule has 0 atom stereocenters. The van der Waals surface area contributed by atoms with Crippen LogP contribution in [0.15, 0.2) is 171 Å². The summed E-state index contributed by atoms with van der Waals surface area (Å²) >= 11 is 0. The van der Waals surface area contributed by atoms with E-state index in [1.165, 1.54) is 44.6 Å². The Hall–Kier alpha value is -5.60. The van der Waals surface area contributed by atoms with Crippen LogP contribution in [-0.4, -0.2) is 13.1 Å². The van der Waals surface area contributed by atoms with E-state index in [0.29, 0.717) is 0 Å². The summed E-state index contributed by atoms with van der Waals surface area (Å²) in [6.07, 6.45) is 23.7. The highest BCUT2D eigenvalue weighted by Gasteiger charge is 2.35. The third-order valence-electron chi connectivity index (χ3n) is 9.57. The van der Waals surface area contributed by atoms with Crippen LogP contribution in [0.3, 0.4) is 0 Å². The minimum Gasteiger partial charge on any atom is -0.367 e. The molecule has 0 radical (unpaired) electrons. The Morgan fingerprint density at radius 1 is 0.816 bits per heavy atom. The molecule has 2 nitrogen and oxygen atoms in total. The fraction of sp³-hybridized carbons (Fsp3) is 0.149. The molecule has 1 heterocycles. The van der Waals surface area contributed by atoms with Crippen molar-refractivity contribution in [2.45, 2.75) is 32.6 Å². The number of aryl methyl sites for hydroxylation is 1. The van der Waals surface area contributed by atoms with Gasteiger partial charge in [0, 0.05) is 36.1 Å². The second-order valence-electron chi connectivity index (χ2n) is 13.2. The first-order valence-corrected chi connectivity index (χ1v) is 17.2. The number of nitrogens with zero attached hydrogens (tertiary/aromatic N) is 1. The van der Waals surface area contributed by atoms with Gasteiger partial charge in [-0.05, 0) is 87.7 Å². The van der Waals surface area contributed by atoms with E-state index in [0.717, 1.165) is 41.9 Å². The van der Waals surface area contributed by atoms with Gasteiger partial charge in [0.25, 0.3) is 0 Å². The molecule has 1 aliphatic carbocycles. The monoisotopic (exact) mass is 638 g/mol. The lowest BCUT2D eigenvalue weighted by Gasteiger charge is -2.27. The van der Waals surface area contributed by atoms with Crippen molar-refractivity contribution < 1.29 is 0 Å². The van der Waals surface area contributed by atoms with Gasteiger partial charge in [-0.15, -0.1) is 0 Å². The number of hydrogen-bond acceptors (Lipinski definition) is 2. The number of anilines is 1. The van der Waals surface area contributed by atoms with Crippen molar-refractivity contribution in [1.82, 2.24) is 5.32 Å². The lowest BCUT2D eigenvalue weighted by molar-refractivity contribution is 0.660. The van der Waals surface area contributed by atoms with Gasteiger partial charge < -0.3 is 10.2 Å². The molecule has 0 fully saturated rings. The number of benzene rings is 4. The van der Waals surface area contributed by atoms with E-state index in [4.69, 9.17) is 0 Å². The van der Waals surface area contributed by atoms with Gasteiger partial charge in [0.05, 0.1) is 0 Å². The van der Waals surface area contributed by atoms with Crippen molar-refractivity contribution in [3.05, 3.63) is 204 Å². The summed E-state index contributed by atoms with van der Waals surface area (Å²) in [6.45, 7) is 17.0. The van der Waals surface area contributed by atoms with Crippen molar-refractivity contribution >= 4 is 22.9 Å². The summed E-state index contributed by atoms with van der Waals surface area (Å²) in [7, 11) is 0. The van der Waals surface area contributed by atoms with Gasteiger partial charge in [-0.1, -0.05) is 160 Å². The van der Waals surface area contributed by atoms with E-state index in [-0.39, 0.29) is 5.41 Å². The SMILES string of the molecule is C=C/C=C(\CCN(C/C=C\C=C1\N/C=C/C=C\C=C/c2cc(C)ccc2C1=C)c1ccc2c(c1)C(C)(C)c1ccccc1-2)c1ccccc1. The third-order valence-corrected chi connectivity index (χ3v) is 9.57. The van der Waals surface area contributed by atoms with E-state index in [2.05, 4.69) is 172 Å². The molecule has 0 saturated heterocycles. The van der Waals surface area contributed by atoms with Crippen LogP contribution in [0, 0.1) is 6.92 Å². The lowest BCUT2D eigenvalue weighted by atomic mass is 9.82. The van der Waals surface area contributed by atoms with Crippen LogP contribution in [0.5, 0.6) is 0 Å². The van der Waals surface area contributed by atoms with Gasteiger partial charge in [0.1, 0.15) is 0 Å². The van der Waals surface area contributed by atoms with Gasteiger partial charge in [0.2, 0.25) is 0 Å². The fourth-order valence-electron chi connectivity index (χ4n) is 6.90. The molecule has 1 N–H and O–H groups in total. The van der Waals surface area contributed by atoms with Gasteiger partial charge in [0.15, 0.2) is 0 Å². The standard InChI is InChI=1S/C47H46N2/c1-6-18-37(38-19-11-9-12-20-38)29-32-49(40-26-28-43-42-22-13-14-23-44(42)47(4,5)45(43)34-40)31-17-15-24-46-36(3)41-27-25-35(2)33-39(41)21-10-7-8-16-30-48-46/h6-28,30,33-34,48H,1,3,29,31-32H2,2,4-5H3/b8-7-,17-15-,21-10-,30-16+,37-18+,46-24+. The Kier molecular flexibility index (Phi) is 10.3. The first-order valence-electron chi connectivity index (χ1n) is 17.2. The highest BCUT2D eigenvalue weighted by Crippen LogP contribution is 2.49. The molecule has 0 saturated carbocycles. The molecule has 0 amide bonds. The molecule has 49 heavy (non-hydrogen) atoms. The Balaban J connectivity index is 1.31. The van der Waals surface area contributed by atoms with Crippen LogP contribution >= 0.6 is 0 Å². The van der Waals surface area contributed by atoms with E-state index in [1.807, 2.05) is 30.5 Å². The van der Waals surface area contributed by atoms with Crippen LogP contribution in [0.1, 0.15) is 53.6 Å². The largest absolute Gasteiger partial charge is 0.367 e. The van der Waals surface area contributed by atoms with Crippen molar-refractivity contribution in [2.24, 2.45) is 0 Å². The Morgan fingerprint density at radius 2 is 1.57 bits per heavy atom. The number of rotatable bonds is 9. The Morgan fingerprint density at radius 3 is 2.41 bits per heavy atom. The molecule has 244 valence electrons. The molecule has 2 aliphatic rings. The maximum Gasteiger partial charge on any atom is 0.0453 e. The molecule has 0 unspecified atom stereocenters. The van der Waals surface area contributed by atoms with Crippen molar-refractivity contribution in [2.75, 3.05) is 18.0 Å². The Bertz CT molecular complexity index is 2030. The molecule has 4 aromatic carbocycles. The summed E-state index contributed by atoms with van der Waals surface area (Å²) < 4.78 is 0. The lowest BCUT2D eigenvalue weighted by Crippen LogP contribution is -2.25. The number of hydrogen-bond donors (Lipinski definition) is 1. The number of fused-ring (bicyclic) bond motifs is 4. The topological polar surface area (TPSA) is 15.3 Å². The van der Waals surface area contributed by atoms with Crippen LogP contribution in [0.4, 0.5) is 5.69 Å². The van der Waals surface area contributed by atoms with E-state index in [9.17, 15) is 0 Å². The summed E-state index contributed by atoms with van der Waals surface area (Å²) in [4.78, 5) is 2.49. The Labute approximate surface area is 293 Å². The number of nitrogens with one attached hydrogen (secondary N) is 1. The third kappa shape index (κ3) is 7.45. The molecular weight excluding hydrogens is 593 g/mol. The second kappa shape index (κ2) is 15.1. The van der Waals surface area contributed by atoms with Gasteiger partial charge in [-0.25, -0.2) is 0 Å². The average Bonchev–Trinajstić information content (AvgIpc) is 3.33. The summed E-state index contributed by atoms with van der Waals surface area (Å²) in [5.41, 5.74) is 14.6. The first-order chi connectivity index (χ1) is 23.9. The van der Waals surface area contributed by atoms with Crippen molar-refractivity contribution in [3.63, 3.8) is 0 Å². The van der Waals surface area contributed by atoms with Crippen molar-refractivity contribution in [1.29, 1.82) is 0 Å². The molecule has 1 aliphatic heterocycles. The summed E-state index contributed by atoms with van der Waals surface area (Å²) in [5.74, 6) is 0. The summed E-state index contributed by atoms with van der Waals surface area (Å²) in [5, 5.41) is 3.48. The van der Waals surface area contributed by atoms with Crippen LogP contribution in [-0.2, 0) is 5.41 Å². The predicted octanol–water partition coefficient (Wildman–Crippen LogP) is 11.6. The van der Waals surface area contributed by atoms with Crippen LogP contribution < -0.4 is 10.2 Å². The van der Waals surface area contributed by atoms with E-state index < -0.39 is 0 Å². The molecule has 0 bridgehead atoms. The van der Waals surface area contributed by atoms with Crippen LogP contribution in [0.25, 0.3) is 28.3 Å². The zero-order valence-corrected chi connectivity index (χ0v) is 29.0. The van der Waals surface area contributed by atoms with Gasteiger partial charge >= 0.3 is 0 Å². The normalized spacial score (nSPS) is 17.7. The zero-order chi connectivity index (χ0) is 34.2. The highest BCUT2D eigenvalue weighted by molar-refractivity contribution is 5.84. The van der Waals surface area contributed by atoms with Crippen LogP contribution in [0.2, 0.25) is 0 Å². The minimum atomic E-state index is -0.0563. The second-order valence-corrected chi connectivity index (χ2v) is 13.2. The minimum absolute atomic E-state index is 0.0563. The molecule has 0 aromatic heterocycles. The quantitative estimate of drug-likeness (QED) is 0.184. The molecule has 4 aromatic rings. The smallest absolute Gasteiger partial charge is 0.0453 e. The highest BCUT2D eigenvalue weighted by atomic mass is 15.1. The fourth-order valence-corrected chi connectivity index (χ4v) is 6.90. The maximum absolute atomic E-state index is 4.51. The van der Waals surface area contributed by atoms with E-state index in [1.54, 1.807) is 0 Å². The first kappa shape index (κ1) is 33.3. The molecule has 0 spiro atoms.